The van der Waals surface area contributed by atoms with E-state index in [4.69, 9.17) is 11.6 Å². The highest BCUT2D eigenvalue weighted by atomic mass is 35.5. The summed E-state index contributed by atoms with van der Waals surface area (Å²) in [6, 6.07) is 24.5. The summed E-state index contributed by atoms with van der Waals surface area (Å²) >= 11 is 6.35. The molecular formula is C28H31ClN2O2. The van der Waals surface area contributed by atoms with Gasteiger partial charge in [-0.3, -0.25) is 9.59 Å². The summed E-state index contributed by atoms with van der Waals surface area (Å²) in [5.41, 5.74) is 3.87. The maximum absolute atomic E-state index is 13.7. The van der Waals surface area contributed by atoms with Crippen LogP contribution in [0.25, 0.3) is 0 Å². The SMILES string of the molecule is CCCNC(=O)[C@H](Cc1ccccc1)N(Cc1ccccc1C)C(=O)Cc1ccccc1Cl. The molecule has 3 rings (SSSR count). The molecule has 3 aromatic rings. The van der Waals surface area contributed by atoms with Crippen LogP contribution in [0.4, 0.5) is 0 Å². The van der Waals surface area contributed by atoms with Gasteiger partial charge in [0.2, 0.25) is 11.8 Å². The third kappa shape index (κ3) is 6.93. The van der Waals surface area contributed by atoms with Crippen molar-refractivity contribution < 1.29 is 9.59 Å². The van der Waals surface area contributed by atoms with Gasteiger partial charge in [-0.2, -0.15) is 0 Å². The minimum Gasteiger partial charge on any atom is -0.354 e. The third-order valence-corrected chi connectivity index (χ3v) is 6.09. The zero-order chi connectivity index (χ0) is 23.6. The van der Waals surface area contributed by atoms with Crippen molar-refractivity contribution in [2.75, 3.05) is 6.54 Å². The standard InChI is InChI=1S/C28H31ClN2O2/c1-3-17-30-28(33)26(18-22-12-5-4-6-13-22)31(20-24-15-8-7-11-21(24)2)27(32)19-23-14-9-10-16-25(23)29/h4-16,26H,3,17-20H2,1-2H3,(H,30,33)/t26-/m0/s1. The van der Waals surface area contributed by atoms with Gasteiger partial charge in [0, 0.05) is 24.5 Å². The highest BCUT2D eigenvalue weighted by molar-refractivity contribution is 6.31. The Morgan fingerprint density at radius 2 is 1.55 bits per heavy atom. The van der Waals surface area contributed by atoms with E-state index in [1.54, 1.807) is 11.0 Å². The van der Waals surface area contributed by atoms with Crippen LogP contribution >= 0.6 is 11.6 Å². The van der Waals surface area contributed by atoms with Gasteiger partial charge in [0.05, 0.1) is 6.42 Å². The first-order valence-electron chi connectivity index (χ1n) is 11.4. The molecule has 0 aliphatic rings. The third-order valence-electron chi connectivity index (χ3n) is 5.72. The Labute approximate surface area is 201 Å². The maximum atomic E-state index is 13.7. The molecule has 0 saturated carbocycles. The summed E-state index contributed by atoms with van der Waals surface area (Å²) in [6.45, 7) is 4.96. The number of carbonyl (C=O) groups excluding carboxylic acids is 2. The number of carbonyl (C=O) groups is 2. The second-order valence-electron chi connectivity index (χ2n) is 8.21. The van der Waals surface area contributed by atoms with E-state index >= 15 is 0 Å². The summed E-state index contributed by atoms with van der Waals surface area (Å²) in [5, 5.41) is 3.56. The zero-order valence-electron chi connectivity index (χ0n) is 19.3. The summed E-state index contributed by atoms with van der Waals surface area (Å²) in [5.74, 6) is -0.263. The first-order valence-corrected chi connectivity index (χ1v) is 11.8. The van der Waals surface area contributed by atoms with Gasteiger partial charge in [-0.25, -0.2) is 0 Å². The first kappa shape index (κ1) is 24.5. The Bertz CT molecular complexity index is 1070. The molecule has 0 saturated heterocycles. The van der Waals surface area contributed by atoms with Crippen LogP contribution in [0.1, 0.15) is 35.6 Å². The molecule has 0 bridgehead atoms. The van der Waals surface area contributed by atoms with Crippen LogP contribution in [0, 0.1) is 6.92 Å². The summed E-state index contributed by atoms with van der Waals surface area (Å²) in [4.78, 5) is 28.7. The average molecular weight is 463 g/mol. The van der Waals surface area contributed by atoms with Gasteiger partial charge < -0.3 is 10.2 Å². The molecule has 1 N–H and O–H groups in total. The van der Waals surface area contributed by atoms with Crippen LogP contribution in [0.2, 0.25) is 5.02 Å². The number of nitrogens with zero attached hydrogens (tertiary/aromatic N) is 1. The molecule has 0 spiro atoms. The predicted octanol–water partition coefficient (Wildman–Crippen LogP) is 5.36. The Kier molecular flexibility index (Phi) is 9.08. The Hall–Kier alpha value is -3.11. The molecular weight excluding hydrogens is 432 g/mol. The number of halogens is 1. The fraction of sp³-hybridized carbons (Fsp3) is 0.286. The van der Waals surface area contributed by atoms with E-state index < -0.39 is 6.04 Å². The van der Waals surface area contributed by atoms with Gasteiger partial charge in [0.25, 0.3) is 0 Å². The average Bonchev–Trinajstić information content (AvgIpc) is 2.83. The van der Waals surface area contributed by atoms with Gasteiger partial charge in [-0.1, -0.05) is 91.3 Å². The van der Waals surface area contributed by atoms with Crippen molar-refractivity contribution in [1.82, 2.24) is 10.2 Å². The van der Waals surface area contributed by atoms with E-state index in [0.29, 0.717) is 24.5 Å². The summed E-state index contributed by atoms with van der Waals surface area (Å²) < 4.78 is 0. The number of aryl methyl sites for hydroxylation is 1. The summed E-state index contributed by atoms with van der Waals surface area (Å²) in [7, 11) is 0. The fourth-order valence-corrected chi connectivity index (χ4v) is 4.00. The molecule has 5 heteroatoms. The highest BCUT2D eigenvalue weighted by Gasteiger charge is 2.30. The lowest BCUT2D eigenvalue weighted by atomic mass is 10.0. The molecule has 0 radical (unpaired) electrons. The van der Waals surface area contributed by atoms with Gasteiger partial charge in [-0.05, 0) is 41.7 Å². The lowest BCUT2D eigenvalue weighted by Crippen LogP contribution is -2.51. The number of hydrogen-bond acceptors (Lipinski definition) is 2. The van der Waals surface area contributed by atoms with Gasteiger partial charge in [0.15, 0.2) is 0 Å². The Balaban J connectivity index is 1.97. The lowest BCUT2D eigenvalue weighted by molar-refractivity contribution is -0.140. The van der Waals surface area contributed by atoms with Crippen LogP contribution in [-0.2, 0) is 29.0 Å². The van der Waals surface area contributed by atoms with Crippen LogP contribution < -0.4 is 5.32 Å². The van der Waals surface area contributed by atoms with E-state index in [2.05, 4.69) is 5.32 Å². The zero-order valence-corrected chi connectivity index (χ0v) is 20.0. The van der Waals surface area contributed by atoms with Gasteiger partial charge in [0.1, 0.15) is 6.04 Å². The van der Waals surface area contributed by atoms with Gasteiger partial charge >= 0.3 is 0 Å². The van der Waals surface area contributed by atoms with Crippen molar-refractivity contribution in [2.24, 2.45) is 0 Å². The Morgan fingerprint density at radius 3 is 2.21 bits per heavy atom. The van der Waals surface area contributed by atoms with E-state index in [-0.39, 0.29) is 18.2 Å². The van der Waals surface area contributed by atoms with Crippen molar-refractivity contribution in [3.05, 3.63) is 106 Å². The summed E-state index contributed by atoms with van der Waals surface area (Å²) in [6.07, 6.45) is 1.41. The van der Waals surface area contributed by atoms with E-state index in [1.807, 2.05) is 86.6 Å². The molecule has 33 heavy (non-hydrogen) atoms. The van der Waals surface area contributed by atoms with Crippen molar-refractivity contribution in [3.8, 4) is 0 Å². The Morgan fingerprint density at radius 1 is 0.909 bits per heavy atom. The molecule has 172 valence electrons. The molecule has 1 atom stereocenters. The van der Waals surface area contributed by atoms with Crippen molar-refractivity contribution >= 4 is 23.4 Å². The van der Waals surface area contributed by atoms with E-state index in [1.165, 1.54) is 0 Å². The van der Waals surface area contributed by atoms with Crippen molar-refractivity contribution in [2.45, 2.75) is 45.7 Å². The normalized spacial score (nSPS) is 11.6. The fourth-order valence-electron chi connectivity index (χ4n) is 3.80. The molecule has 2 amide bonds. The number of rotatable bonds is 10. The molecule has 0 fully saturated rings. The number of hydrogen-bond donors (Lipinski definition) is 1. The van der Waals surface area contributed by atoms with Gasteiger partial charge in [-0.15, -0.1) is 0 Å². The molecule has 0 heterocycles. The first-order chi connectivity index (χ1) is 16.0. The maximum Gasteiger partial charge on any atom is 0.243 e. The highest BCUT2D eigenvalue weighted by Crippen LogP contribution is 2.21. The molecule has 4 nitrogen and oxygen atoms in total. The van der Waals surface area contributed by atoms with E-state index in [9.17, 15) is 9.59 Å². The molecule has 3 aromatic carbocycles. The van der Waals surface area contributed by atoms with Crippen LogP contribution in [-0.4, -0.2) is 29.3 Å². The predicted molar refractivity (Wildman–Crippen MR) is 134 cm³/mol. The quantitative estimate of drug-likeness (QED) is 0.441. The van der Waals surface area contributed by atoms with Crippen LogP contribution in [0.15, 0.2) is 78.9 Å². The van der Waals surface area contributed by atoms with E-state index in [0.717, 1.165) is 28.7 Å². The monoisotopic (exact) mass is 462 g/mol. The molecule has 0 aromatic heterocycles. The molecule has 0 unspecified atom stereocenters. The smallest absolute Gasteiger partial charge is 0.243 e. The van der Waals surface area contributed by atoms with Crippen molar-refractivity contribution in [3.63, 3.8) is 0 Å². The second kappa shape index (κ2) is 12.2. The topological polar surface area (TPSA) is 49.4 Å². The van der Waals surface area contributed by atoms with Crippen LogP contribution in [0.3, 0.4) is 0 Å². The minimum atomic E-state index is -0.631. The number of amides is 2. The molecule has 0 aliphatic carbocycles. The van der Waals surface area contributed by atoms with Crippen molar-refractivity contribution in [1.29, 1.82) is 0 Å². The number of nitrogens with one attached hydrogen (secondary N) is 1. The van der Waals surface area contributed by atoms with Crippen LogP contribution in [0.5, 0.6) is 0 Å². The minimum absolute atomic E-state index is 0.126. The largest absolute Gasteiger partial charge is 0.354 e. The second-order valence-corrected chi connectivity index (χ2v) is 8.62. The molecule has 0 aliphatic heterocycles. The lowest BCUT2D eigenvalue weighted by Gasteiger charge is -2.32. The number of benzene rings is 3.